The van der Waals surface area contributed by atoms with Crippen LogP contribution in [0.3, 0.4) is 0 Å². The summed E-state index contributed by atoms with van der Waals surface area (Å²) in [4.78, 5) is 12.2. The molecule has 1 amide bonds. The van der Waals surface area contributed by atoms with Gasteiger partial charge in [-0.1, -0.05) is 23.3 Å². The van der Waals surface area contributed by atoms with Crippen LogP contribution in [-0.2, 0) is 0 Å². The lowest BCUT2D eigenvalue weighted by Crippen LogP contribution is -2.19. The minimum absolute atomic E-state index is 0.0559. The molecular formula is C15H15N5O2. The molecule has 0 aliphatic heterocycles. The average molecular weight is 297 g/mol. The second kappa shape index (κ2) is 5.80. The van der Waals surface area contributed by atoms with Crippen LogP contribution in [0, 0.1) is 0 Å². The highest BCUT2D eigenvalue weighted by Gasteiger charge is 2.17. The van der Waals surface area contributed by atoms with Crippen LogP contribution >= 0.6 is 0 Å². The van der Waals surface area contributed by atoms with Crippen molar-refractivity contribution in [2.24, 2.45) is 0 Å². The Hall–Kier alpha value is -2.96. The Morgan fingerprint density at radius 2 is 1.95 bits per heavy atom. The Kier molecular flexibility index (Phi) is 3.69. The van der Waals surface area contributed by atoms with Gasteiger partial charge in [-0.25, -0.2) is 0 Å². The largest absolute Gasteiger partial charge is 0.403 e. The van der Waals surface area contributed by atoms with Gasteiger partial charge < -0.3 is 4.42 Å². The Morgan fingerprint density at radius 1 is 1.18 bits per heavy atom. The lowest BCUT2D eigenvalue weighted by atomic mass is 10.2. The van der Waals surface area contributed by atoms with Gasteiger partial charge in [0.15, 0.2) is 0 Å². The summed E-state index contributed by atoms with van der Waals surface area (Å²) < 4.78 is 7.08. The highest BCUT2D eigenvalue weighted by molar-refractivity contribution is 6.01. The second-order valence-electron chi connectivity index (χ2n) is 4.99. The summed E-state index contributed by atoms with van der Waals surface area (Å²) in [7, 11) is 0. The van der Waals surface area contributed by atoms with Crippen LogP contribution < -0.4 is 5.32 Å². The molecule has 0 atom stereocenters. The molecule has 0 unspecified atom stereocenters. The molecule has 0 spiro atoms. The van der Waals surface area contributed by atoms with E-state index in [0.29, 0.717) is 11.6 Å². The van der Waals surface area contributed by atoms with Gasteiger partial charge in [-0.3, -0.25) is 14.8 Å². The summed E-state index contributed by atoms with van der Waals surface area (Å²) in [5, 5.41) is 14.5. The summed E-state index contributed by atoms with van der Waals surface area (Å²) in [5.41, 5.74) is 1.23. The molecule has 22 heavy (non-hydrogen) atoms. The maximum atomic E-state index is 12.2. The molecule has 7 heteroatoms. The molecule has 7 nitrogen and oxygen atoms in total. The minimum Gasteiger partial charge on any atom is -0.403 e. The Bertz CT molecular complexity index is 776. The average Bonchev–Trinajstić information content (AvgIpc) is 3.17. The van der Waals surface area contributed by atoms with E-state index in [4.69, 9.17) is 4.42 Å². The zero-order valence-electron chi connectivity index (χ0n) is 12.2. The Morgan fingerprint density at radius 3 is 2.68 bits per heavy atom. The molecule has 0 saturated heterocycles. The van der Waals surface area contributed by atoms with E-state index in [-0.39, 0.29) is 18.0 Å². The van der Waals surface area contributed by atoms with Gasteiger partial charge >= 0.3 is 6.01 Å². The van der Waals surface area contributed by atoms with Crippen LogP contribution in [0.1, 0.15) is 30.4 Å². The second-order valence-corrected chi connectivity index (χ2v) is 4.99. The summed E-state index contributed by atoms with van der Waals surface area (Å²) >= 11 is 0. The summed E-state index contributed by atoms with van der Waals surface area (Å²) in [6.45, 7) is 3.90. The molecule has 0 aliphatic carbocycles. The number of hydrogen-bond donors (Lipinski definition) is 1. The van der Waals surface area contributed by atoms with Crippen LogP contribution in [0.25, 0.3) is 11.5 Å². The number of amides is 1. The van der Waals surface area contributed by atoms with E-state index in [1.807, 2.05) is 44.2 Å². The fourth-order valence-electron chi connectivity index (χ4n) is 2.04. The molecule has 2 aromatic heterocycles. The van der Waals surface area contributed by atoms with Crippen LogP contribution in [0.15, 0.2) is 47.0 Å². The van der Waals surface area contributed by atoms with Gasteiger partial charge in [0.25, 0.3) is 5.91 Å². The molecule has 1 aromatic carbocycles. The number of nitrogens with one attached hydrogen (secondary N) is 1. The van der Waals surface area contributed by atoms with E-state index in [2.05, 4.69) is 20.6 Å². The summed E-state index contributed by atoms with van der Waals surface area (Å²) in [6, 6.07) is 11.1. The van der Waals surface area contributed by atoms with Crippen LogP contribution in [-0.4, -0.2) is 25.9 Å². The van der Waals surface area contributed by atoms with E-state index >= 15 is 0 Å². The SMILES string of the molecule is CC(C)n1nccc1C(=O)Nc1nnc(-c2ccccc2)o1. The standard InChI is InChI=1S/C15H15N5O2/c1-10(2)20-12(8-9-16-20)13(21)17-15-19-18-14(22-15)11-6-4-3-5-7-11/h3-10H,1-2H3,(H,17,19,21). The molecule has 3 aromatic rings. The lowest BCUT2D eigenvalue weighted by molar-refractivity contribution is 0.101. The first-order valence-electron chi connectivity index (χ1n) is 6.89. The van der Waals surface area contributed by atoms with Gasteiger partial charge in [0, 0.05) is 17.8 Å². The monoisotopic (exact) mass is 297 g/mol. The molecule has 0 fully saturated rings. The van der Waals surface area contributed by atoms with Gasteiger partial charge in [0.1, 0.15) is 5.69 Å². The zero-order chi connectivity index (χ0) is 15.5. The number of aromatic nitrogens is 4. The lowest BCUT2D eigenvalue weighted by Gasteiger charge is -2.09. The number of nitrogens with zero attached hydrogens (tertiary/aromatic N) is 4. The summed E-state index contributed by atoms with van der Waals surface area (Å²) in [5.74, 6) is 0.0164. The number of rotatable bonds is 4. The van der Waals surface area contributed by atoms with Gasteiger partial charge in [0.2, 0.25) is 5.89 Å². The number of carbonyl (C=O) groups is 1. The smallest absolute Gasteiger partial charge is 0.322 e. The molecule has 1 N–H and O–H groups in total. The maximum Gasteiger partial charge on any atom is 0.322 e. The predicted molar refractivity (Wildman–Crippen MR) is 80.3 cm³/mol. The minimum atomic E-state index is -0.338. The highest BCUT2D eigenvalue weighted by atomic mass is 16.4. The molecule has 3 rings (SSSR count). The van der Waals surface area contributed by atoms with E-state index in [1.54, 1.807) is 16.9 Å². The van der Waals surface area contributed by atoms with Crippen LogP contribution in [0.2, 0.25) is 0 Å². The third-order valence-electron chi connectivity index (χ3n) is 3.06. The fourth-order valence-corrected chi connectivity index (χ4v) is 2.04. The van der Waals surface area contributed by atoms with E-state index < -0.39 is 0 Å². The number of anilines is 1. The van der Waals surface area contributed by atoms with Gasteiger partial charge in [-0.2, -0.15) is 5.10 Å². The molecule has 0 radical (unpaired) electrons. The van der Waals surface area contributed by atoms with E-state index in [1.165, 1.54) is 0 Å². The van der Waals surface area contributed by atoms with E-state index in [9.17, 15) is 4.79 Å². The van der Waals surface area contributed by atoms with Crippen LogP contribution in [0.5, 0.6) is 0 Å². The first kappa shape index (κ1) is 14.0. The molecule has 0 aliphatic rings. The Labute approximate surface area is 127 Å². The van der Waals surface area contributed by atoms with Crippen molar-refractivity contribution in [1.29, 1.82) is 0 Å². The van der Waals surface area contributed by atoms with Crippen LogP contribution in [0.4, 0.5) is 6.01 Å². The number of benzene rings is 1. The third kappa shape index (κ3) is 2.73. The third-order valence-corrected chi connectivity index (χ3v) is 3.06. The quantitative estimate of drug-likeness (QED) is 0.800. The van der Waals surface area contributed by atoms with Crippen molar-refractivity contribution in [3.8, 4) is 11.5 Å². The molecular weight excluding hydrogens is 282 g/mol. The van der Waals surface area contributed by atoms with Crippen molar-refractivity contribution in [2.45, 2.75) is 19.9 Å². The summed E-state index contributed by atoms with van der Waals surface area (Å²) in [6.07, 6.45) is 1.58. The topological polar surface area (TPSA) is 85.8 Å². The van der Waals surface area contributed by atoms with Crippen molar-refractivity contribution in [3.63, 3.8) is 0 Å². The number of hydrogen-bond acceptors (Lipinski definition) is 5. The fraction of sp³-hybridized carbons (Fsp3) is 0.200. The van der Waals surface area contributed by atoms with Crippen molar-refractivity contribution in [3.05, 3.63) is 48.3 Å². The molecule has 0 bridgehead atoms. The van der Waals surface area contributed by atoms with Gasteiger partial charge in [0.05, 0.1) is 0 Å². The first-order valence-corrected chi connectivity index (χ1v) is 6.89. The number of carbonyl (C=O) groups excluding carboxylic acids is 1. The first-order chi connectivity index (χ1) is 10.6. The highest BCUT2D eigenvalue weighted by Crippen LogP contribution is 2.19. The predicted octanol–water partition coefficient (Wildman–Crippen LogP) is 2.77. The van der Waals surface area contributed by atoms with Gasteiger partial charge in [-0.05, 0) is 32.0 Å². The van der Waals surface area contributed by atoms with Crippen molar-refractivity contribution in [1.82, 2.24) is 20.0 Å². The molecule has 2 heterocycles. The van der Waals surface area contributed by atoms with Gasteiger partial charge in [-0.15, -0.1) is 5.10 Å². The molecule has 0 saturated carbocycles. The van der Waals surface area contributed by atoms with Crippen molar-refractivity contribution >= 4 is 11.9 Å². The maximum absolute atomic E-state index is 12.2. The zero-order valence-corrected chi connectivity index (χ0v) is 12.2. The van der Waals surface area contributed by atoms with E-state index in [0.717, 1.165) is 5.56 Å². The van der Waals surface area contributed by atoms with Crippen molar-refractivity contribution < 1.29 is 9.21 Å². The molecule has 112 valence electrons. The Balaban J connectivity index is 1.78. The normalized spacial score (nSPS) is 10.9. The van der Waals surface area contributed by atoms with Crippen molar-refractivity contribution in [2.75, 3.05) is 5.32 Å².